The van der Waals surface area contributed by atoms with Crippen LogP contribution in [0.3, 0.4) is 0 Å². The number of rotatable bonds is 6. The summed E-state index contributed by atoms with van der Waals surface area (Å²) in [6, 6.07) is 0. The zero-order chi connectivity index (χ0) is 16.9. The maximum atomic E-state index is 12.7. The summed E-state index contributed by atoms with van der Waals surface area (Å²) in [6.07, 6.45) is 10.00. The number of fused-ring (bicyclic) bond motifs is 9. The molecule has 0 spiro atoms. The van der Waals surface area contributed by atoms with E-state index < -0.39 is 11.4 Å². The van der Waals surface area contributed by atoms with Crippen molar-refractivity contribution in [3.05, 3.63) is 12.2 Å². The molecule has 3 saturated carbocycles. The van der Waals surface area contributed by atoms with Gasteiger partial charge in [0, 0.05) is 0 Å². The SMILES string of the molecule is CCCCOC(=O)COC(=O)C1(C)CC2CC1C1C3C=CC(C3)C21. The fraction of sp³-hybridized carbons (Fsp3) is 0.800. The van der Waals surface area contributed by atoms with E-state index in [4.69, 9.17) is 9.47 Å². The number of esters is 2. The second kappa shape index (κ2) is 5.89. The van der Waals surface area contributed by atoms with Crippen LogP contribution in [-0.2, 0) is 19.1 Å². The predicted molar refractivity (Wildman–Crippen MR) is 88.9 cm³/mol. The van der Waals surface area contributed by atoms with Crippen molar-refractivity contribution in [2.45, 2.75) is 46.0 Å². The van der Waals surface area contributed by atoms with Gasteiger partial charge in [-0.15, -0.1) is 0 Å². The highest BCUT2D eigenvalue weighted by Gasteiger charge is 2.67. The number of unbranched alkanes of at least 4 members (excludes halogenated alkanes) is 1. The quantitative estimate of drug-likeness (QED) is 0.324. The van der Waals surface area contributed by atoms with E-state index in [0.717, 1.165) is 37.5 Å². The summed E-state index contributed by atoms with van der Waals surface area (Å²) in [5.41, 5.74) is -0.409. The van der Waals surface area contributed by atoms with Gasteiger partial charge in [0.1, 0.15) is 0 Å². The second-order valence-corrected chi connectivity index (χ2v) is 8.48. The summed E-state index contributed by atoms with van der Waals surface area (Å²) >= 11 is 0. The van der Waals surface area contributed by atoms with Gasteiger partial charge in [0.05, 0.1) is 12.0 Å². The monoisotopic (exact) mass is 332 g/mol. The normalized spacial score (nSPS) is 43.9. The lowest BCUT2D eigenvalue weighted by Crippen LogP contribution is -2.43. The van der Waals surface area contributed by atoms with Gasteiger partial charge in [-0.25, -0.2) is 4.79 Å². The molecule has 4 nitrogen and oxygen atoms in total. The molecule has 0 N–H and O–H groups in total. The van der Waals surface area contributed by atoms with Crippen LogP contribution in [0.2, 0.25) is 0 Å². The van der Waals surface area contributed by atoms with Gasteiger partial charge in [-0.05, 0) is 68.1 Å². The molecule has 7 unspecified atom stereocenters. The van der Waals surface area contributed by atoms with Gasteiger partial charge in [0.25, 0.3) is 0 Å². The third kappa shape index (κ3) is 2.33. The van der Waals surface area contributed by atoms with Crippen molar-refractivity contribution in [2.24, 2.45) is 40.9 Å². The minimum absolute atomic E-state index is 0.187. The number of allylic oxidation sites excluding steroid dienone is 2. The Bertz CT molecular complexity index is 568. The Balaban J connectivity index is 1.36. The molecule has 3 fully saturated rings. The Hall–Kier alpha value is -1.32. The predicted octanol–water partition coefficient (Wildman–Crippen LogP) is 3.36. The Morgan fingerprint density at radius 1 is 1.12 bits per heavy atom. The van der Waals surface area contributed by atoms with Crippen molar-refractivity contribution >= 4 is 11.9 Å². The molecule has 24 heavy (non-hydrogen) atoms. The lowest BCUT2D eigenvalue weighted by atomic mass is 9.63. The fourth-order valence-electron chi connectivity index (χ4n) is 6.27. The summed E-state index contributed by atoms with van der Waals surface area (Å²) in [5.74, 6) is 3.35. The molecule has 0 aromatic heterocycles. The van der Waals surface area contributed by atoms with Crippen LogP contribution in [0.4, 0.5) is 0 Å². The van der Waals surface area contributed by atoms with Gasteiger partial charge in [-0.2, -0.15) is 0 Å². The minimum Gasteiger partial charge on any atom is -0.463 e. The maximum absolute atomic E-state index is 12.7. The summed E-state index contributed by atoms with van der Waals surface area (Å²) in [4.78, 5) is 24.4. The number of ether oxygens (including phenoxy) is 2. The molecule has 4 aliphatic rings. The van der Waals surface area contributed by atoms with E-state index >= 15 is 0 Å². The van der Waals surface area contributed by atoms with Gasteiger partial charge in [0.2, 0.25) is 0 Å². The average Bonchev–Trinajstić information content (AvgIpc) is 3.30. The number of carbonyl (C=O) groups is 2. The molecule has 4 bridgehead atoms. The fourth-order valence-corrected chi connectivity index (χ4v) is 6.27. The zero-order valence-corrected chi connectivity index (χ0v) is 14.7. The highest BCUT2D eigenvalue weighted by molar-refractivity contribution is 5.81. The van der Waals surface area contributed by atoms with Crippen molar-refractivity contribution in [2.75, 3.05) is 13.2 Å². The number of hydrogen-bond acceptors (Lipinski definition) is 4. The van der Waals surface area contributed by atoms with Gasteiger partial charge in [0.15, 0.2) is 6.61 Å². The van der Waals surface area contributed by atoms with Crippen molar-refractivity contribution in [3.8, 4) is 0 Å². The Morgan fingerprint density at radius 3 is 2.62 bits per heavy atom. The van der Waals surface area contributed by atoms with E-state index in [-0.39, 0.29) is 12.6 Å². The first-order valence-electron chi connectivity index (χ1n) is 9.55. The molecule has 0 saturated heterocycles. The molecule has 0 aromatic carbocycles. The number of carbonyl (C=O) groups excluding carboxylic acids is 2. The summed E-state index contributed by atoms with van der Waals surface area (Å²) in [5, 5.41) is 0. The lowest BCUT2D eigenvalue weighted by molar-refractivity contribution is -0.169. The second-order valence-electron chi connectivity index (χ2n) is 8.48. The maximum Gasteiger partial charge on any atom is 0.344 e. The topological polar surface area (TPSA) is 52.6 Å². The number of hydrogen-bond donors (Lipinski definition) is 0. The molecular weight excluding hydrogens is 304 g/mol. The molecule has 132 valence electrons. The molecule has 7 atom stereocenters. The van der Waals surface area contributed by atoms with Crippen LogP contribution in [0.5, 0.6) is 0 Å². The van der Waals surface area contributed by atoms with Crippen molar-refractivity contribution in [1.29, 1.82) is 0 Å². The van der Waals surface area contributed by atoms with Gasteiger partial charge in [-0.1, -0.05) is 25.5 Å². The van der Waals surface area contributed by atoms with Gasteiger partial charge < -0.3 is 9.47 Å². The lowest BCUT2D eigenvalue weighted by Gasteiger charge is -2.41. The van der Waals surface area contributed by atoms with E-state index in [1.54, 1.807) is 0 Å². The Labute approximate surface area is 144 Å². The molecule has 0 aromatic rings. The van der Waals surface area contributed by atoms with Gasteiger partial charge >= 0.3 is 11.9 Å². The zero-order valence-electron chi connectivity index (χ0n) is 14.7. The molecule has 0 amide bonds. The smallest absolute Gasteiger partial charge is 0.344 e. The van der Waals surface area contributed by atoms with Crippen molar-refractivity contribution < 1.29 is 19.1 Å². The van der Waals surface area contributed by atoms with Crippen LogP contribution in [0, 0.1) is 40.9 Å². The van der Waals surface area contributed by atoms with E-state index in [0.29, 0.717) is 30.3 Å². The van der Waals surface area contributed by atoms with Crippen LogP contribution in [-0.4, -0.2) is 25.2 Å². The van der Waals surface area contributed by atoms with Gasteiger partial charge in [-0.3, -0.25) is 4.79 Å². The van der Waals surface area contributed by atoms with Crippen LogP contribution in [0.25, 0.3) is 0 Å². The average molecular weight is 332 g/mol. The Kier molecular flexibility index (Phi) is 3.97. The standard InChI is InChI=1S/C20H28O4/c1-3-4-7-23-16(21)11-24-19(22)20(2)10-14-9-15(20)18-13-6-5-12(8-13)17(14)18/h5-6,12-15,17-18H,3-4,7-11H2,1-2H3. The first-order valence-corrected chi connectivity index (χ1v) is 9.55. The summed E-state index contributed by atoms with van der Waals surface area (Å²) in [7, 11) is 0. The first-order chi connectivity index (χ1) is 11.5. The van der Waals surface area contributed by atoms with Crippen LogP contribution in [0.1, 0.15) is 46.0 Å². The summed E-state index contributed by atoms with van der Waals surface area (Å²) in [6.45, 7) is 4.28. The van der Waals surface area contributed by atoms with Crippen molar-refractivity contribution in [3.63, 3.8) is 0 Å². The third-order valence-electron chi connectivity index (χ3n) is 7.20. The first kappa shape index (κ1) is 16.2. The molecule has 0 heterocycles. The van der Waals surface area contributed by atoms with Crippen LogP contribution in [0.15, 0.2) is 12.2 Å². The van der Waals surface area contributed by atoms with E-state index in [9.17, 15) is 9.59 Å². The van der Waals surface area contributed by atoms with E-state index in [1.165, 1.54) is 6.42 Å². The molecule has 4 aliphatic carbocycles. The largest absolute Gasteiger partial charge is 0.463 e. The Morgan fingerprint density at radius 2 is 1.88 bits per heavy atom. The highest BCUT2D eigenvalue weighted by atomic mass is 16.6. The van der Waals surface area contributed by atoms with Crippen molar-refractivity contribution in [1.82, 2.24) is 0 Å². The van der Waals surface area contributed by atoms with Crippen LogP contribution >= 0.6 is 0 Å². The van der Waals surface area contributed by atoms with E-state index in [1.807, 2.05) is 6.92 Å². The third-order valence-corrected chi connectivity index (χ3v) is 7.20. The molecule has 4 rings (SSSR count). The molecule has 4 heteroatoms. The molecular formula is C20H28O4. The summed E-state index contributed by atoms with van der Waals surface area (Å²) < 4.78 is 10.4. The minimum atomic E-state index is -0.427. The molecule has 0 aliphatic heterocycles. The van der Waals surface area contributed by atoms with E-state index in [2.05, 4.69) is 19.1 Å². The van der Waals surface area contributed by atoms with Crippen LogP contribution < -0.4 is 0 Å². The highest BCUT2D eigenvalue weighted by Crippen LogP contribution is 2.70. The molecule has 0 radical (unpaired) electrons.